The standard InChI is InChI=1S/C22H28O7/c1-13(2)15(4)22(21(5,6)11-17(23)29-22)9-8-16(20(25)26-7)12-27-18-10-14(3)19(24)28-18/h8-10,12,18H,11H2,1-7H3/b9-8+,16-12+/t18-,22+/m1/s1. The molecule has 0 spiro atoms. The highest BCUT2D eigenvalue weighted by Crippen LogP contribution is 2.50. The highest BCUT2D eigenvalue weighted by atomic mass is 16.7. The lowest BCUT2D eigenvalue weighted by atomic mass is 9.69. The normalized spacial score (nSPS) is 26.1. The molecule has 158 valence electrons. The minimum Gasteiger partial charge on any atom is -0.465 e. The van der Waals surface area contributed by atoms with Crippen LogP contribution in [0.25, 0.3) is 0 Å². The van der Waals surface area contributed by atoms with E-state index in [1.165, 1.54) is 25.5 Å². The number of rotatable bonds is 6. The zero-order valence-corrected chi connectivity index (χ0v) is 18.0. The van der Waals surface area contributed by atoms with Crippen LogP contribution in [0.5, 0.6) is 0 Å². The van der Waals surface area contributed by atoms with Crippen LogP contribution in [-0.4, -0.2) is 36.9 Å². The van der Waals surface area contributed by atoms with Gasteiger partial charge in [-0.1, -0.05) is 19.4 Å². The second kappa shape index (κ2) is 8.27. The summed E-state index contributed by atoms with van der Waals surface area (Å²) in [6.07, 6.45) is 5.21. The SMILES string of the molecule is COC(=O)C(/C=C/[C@@]1(C(C)=C(C)C)OC(=O)CC1(C)C)=C/O[C@H]1C=C(C)C(=O)O1. The van der Waals surface area contributed by atoms with E-state index in [0.717, 1.165) is 11.1 Å². The summed E-state index contributed by atoms with van der Waals surface area (Å²) in [6, 6.07) is 0. The molecule has 0 aromatic rings. The topological polar surface area (TPSA) is 88.1 Å². The van der Waals surface area contributed by atoms with Gasteiger partial charge in [0.1, 0.15) is 6.26 Å². The van der Waals surface area contributed by atoms with Gasteiger partial charge in [-0.15, -0.1) is 0 Å². The first-order valence-electron chi connectivity index (χ1n) is 9.32. The summed E-state index contributed by atoms with van der Waals surface area (Å²) in [5, 5.41) is 0. The third kappa shape index (κ3) is 4.44. The molecule has 2 aliphatic heterocycles. The van der Waals surface area contributed by atoms with Crippen LogP contribution in [0, 0.1) is 5.41 Å². The van der Waals surface area contributed by atoms with Crippen molar-refractivity contribution in [2.75, 3.05) is 7.11 Å². The molecule has 0 aliphatic carbocycles. The maximum atomic E-state index is 12.2. The monoisotopic (exact) mass is 404 g/mol. The van der Waals surface area contributed by atoms with E-state index in [-0.39, 0.29) is 18.0 Å². The number of cyclic esters (lactones) is 2. The number of carbonyl (C=O) groups is 3. The number of hydrogen-bond donors (Lipinski definition) is 0. The van der Waals surface area contributed by atoms with Crippen molar-refractivity contribution in [3.05, 3.63) is 46.8 Å². The zero-order valence-electron chi connectivity index (χ0n) is 18.0. The molecular weight excluding hydrogens is 376 g/mol. The Kier molecular flexibility index (Phi) is 6.40. The quantitative estimate of drug-likeness (QED) is 0.167. The molecule has 0 aromatic heterocycles. The number of ether oxygens (including phenoxy) is 4. The Labute approximate surface area is 171 Å². The molecule has 2 atom stereocenters. The Bertz CT molecular complexity index is 837. The molecule has 0 aromatic carbocycles. The molecular formula is C22H28O7. The first-order valence-corrected chi connectivity index (χ1v) is 9.32. The van der Waals surface area contributed by atoms with Crippen LogP contribution in [0.15, 0.2) is 46.8 Å². The van der Waals surface area contributed by atoms with Gasteiger partial charge < -0.3 is 18.9 Å². The van der Waals surface area contributed by atoms with Crippen molar-refractivity contribution < 1.29 is 33.3 Å². The van der Waals surface area contributed by atoms with Crippen molar-refractivity contribution >= 4 is 17.9 Å². The Morgan fingerprint density at radius 1 is 1.24 bits per heavy atom. The number of hydrogen-bond acceptors (Lipinski definition) is 7. The van der Waals surface area contributed by atoms with Gasteiger partial charge in [-0.05, 0) is 45.4 Å². The van der Waals surface area contributed by atoms with Crippen LogP contribution in [0.4, 0.5) is 0 Å². The van der Waals surface area contributed by atoms with Crippen molar-refractivity contribution in [3.8, 4) is 0 Å². The first-order chi connectivity index (χ1) is 13.4. The van der Waals surface area contributed by atoms with Gasteiger partial charge >= 0.3 is 17.9 Å². The molecule has 0 N–H and O–H groups in total. The van der Waals surface area contributed by atoms with Crippen LogP contribution in [-0.2, 0) is 33.3 Å². The lowest BCUT2D eigenvalue weighted by Crippen LogP contribution is -2.41. The van der Waals surface area contributed by atoms with E-state index in [0.29, 0.717) is 5.57 Å². The Morgan fingerprint density at radius 2 is 1.90 bits per heavy atom. The highest BCUT2D eigenvalue weighted by Gasteiger charge is 2.54. The molecule has 0 amide bonds. The molecule has 2 rings (SSSR count). The largest absolute Gasteiger partial charge is 0.465 e. The van der Waals surface area contributed by atoms with Crippen LogP contribution in [0.2, 0.25) is 0 Å². The van der Waals surface area contributed by atoms with E-state index in [4.69, 9.17) is 18.9 Å². The van der Waals surface area contributed by atoms with Gasteiger partial charge in [0, 0.05) is 17.1 Å². The third-order valence-electron chi connectivity index (χ3n) is 5.35. The average molecular weight is 404 g/mol. The van der Waals surface area contributed by atoms with Gasteiger partial charge in [0.15, 0.2) is 5.60 Å². The van der Waals surface area contributed by atoms with Crippen molar-refractivity contribution in [2.45, 2.75) is 59.9 Å². The van der Waals surface area contributed by atoms with Gasteiger partial charge in [-0.2, -0.15) is 0 Å². The fourth-order valence-electron chi connectivity index (χ4n) is 3.38. The van der Waals surface area contributed by atoms with Crippen molar-refractivity contribution in [1.29, 1.82) is 0 Å². The van der Waals surface area contributed by atoms with E-state index < -0.39 is 29.2 Å². The van der Waals surface area contributed by atoms with Gasteiger partial charge in [-0.25, -0.2) is 9.59 Å². The third-order valence-corrected chi connectivity index (χ3v) is 5.35. The van der Waals surface area contributed by atoms with E-state index in [2.05, 4.69) is 0 Å². The fourth-order valence-corrected chi connectivity index (χ4v) is 3.38. The zero-order chi connectivity index (χ0) is 22.0. The maximum absolute atomic E-state index is 12.2. The maximum Gasteiger partial charge on any atom is 0.340 e. The summed E-state index contributed by atoms with van der Waals surface area (Å²) in [7, 11) is 1.25. The Hall–Kier alpha value is -2.83. The molecule has 7 nitrogen and oxygen atoms in total. The van der Waals surface area contributed by atoms with Gasteiger partial charge in [0.05, 0.1) is 19.1 Å². The molecule has 0 bridgehead atoms. The molecule has 0 saturated carbocycles. The molecule has 2 heterocycles. The number of esters is 3. The van der Waals surface area contributed by atoms with Crippen molar-refractivity contribution in [3.63, 3.8) is 0 Å². The highest BCUT2D eigenvalue weighted by molar-refractivity contribution is 5.91. The van der Waals surface area contributed by atoms with E-state index >= 15 is 0 Å². The lowest BCUT2D eigenvalue weighted by Gasteiger charge is -2.38. The number of methoxy groups -OCH3 is 1. The van der Waals surface area contributed by atoms with Gasteiger partial charge in [0.25, 0.3) is 6.29 Å². The lowest BCUT2D eigenvalue weighted by molar-refractivity contribution is -0.152. The summed E-state index contributed by atoms with van der Waals surface area (Å²) >= 11 is 0. The summed E-state index contributed by atoms with van der Waals surface area (Å²) in [4.78, 5) is 35.8. The Balaban J connectivity index is 2.41. The van der Waals surface area contributed by atoms with E-state index in [1.807, 2.05) is 34.6 Å². The van der Waals surface area contributed by atoms with Crippen LogP contribution >= 0.6 is 0 Å². The van der Waals surface area contributed by atoms with Crippen molar-refractivity contribution in [1.82, 2.24) is 0 Å². The van der Waals surface area contributed by atoms with Gasteiger partial charge in [0.2, 0.25) is 0 Å². The van der Waals surface area contributed by atoms with Gasteiger partial charge in [-0.3, -0.25) is 4.79 Å². The van der Waals surface area contributed by atoms with Crippen LogP contribution in [0.3, 0.4) is 0 Å². The Morgan fingerprint density at radius 3 is 2.34 bits per heavy atom. The number of allylic oxidation sites excluding steroid dienone is 1. The summed E-state index contributed by atoms with van der Waals surface area (Å²) in [6.45, 7) is 11.3. The predicted molar refractivity (Wildman–Crippen MR) is 105 cm³/mol. The molecule has 29 heavy (non-hydrogen) atoms. The van der Waals surface area contributed by atoms with E-state index in [9.17, 15) is 14.4 Å². The fraction of sp³-hybridized carbons (Fsp3) is 0.500. The molecule has 1 saturated heterocycles. The van der Waals surface area contributed by atoms with E-state index in [1.54, 1.807) is 13.0 Å². The second-order valence-electron chi connectivity index (χ2n) is 8.05. The summed E-state index contributed by atoms with van der Waals surface area (Å²) in [5.41, 5.74) is 0.878. The van der Waals surface area contributed by atoms with Crippen molar-refractivity contribution in [2.24, 2.45) is 5.41 Å². The molecule has 7 heteroatoms. The summed E-state index contributed by atoms with van der Waals surface area (Å²) < 4.78 is 21.0. The smallest absolute Gasteiger partial charge is 0.340 e. The second-order valence-corrected chi connectivity index (χ2v) is 8.05. The predicted octanol–water partition coefficient (Wildman–Crippen LogP) is 3.51. The van der Waals surface area contributed by atoms with Crippen LogP contribution < -0.4 is 0 Å². The molecule has 1 fully saturated rings. The molecule has 0 radical (unpaired) electrons. The minimum atomic E-state index is -1.01. The summed E-state index contributed by atoms with van der Waals surface area (Å²) in [5.74, 6) is -1.42. The minimum absolute atomic E-state index is 0.0844. The molecule has 2 aliphatic rings. The molecule has 0 unspecified atom stereocenters. The first kappa shape index (κ1) is 22.5. The number of carbonyl (C=O) groups excluding carboxylic acids is 3. The average Bonchev–Trinajstić information content (AvgIpc) is 3.08. The van der Waals surface area contributed by atoms with Crippen LogP contribution in [0.1, 0.15) is 48.0 Å².